The van der Waals surface area contributed by atoms with Crippen LogP contribution in [0.5, 0.6) is 5.75 Å². The van der Waals surface area contributed by atoms with Crippen molar-refractivity contribution < 1.29 is 14.6 Å². The molecule has 0 amide bonds. The second-order valence-electron chi connectivity index (χ2n) is 3.89. The van der Waals surface area contributed by atoms with E-state index in [1.807, 2.05) is 6.07 Å². The molecule has 0 spiro atoms. The first-order valence-corrected chi connectivity index (χ1v) is 5.38. The Hall–Kier alpha value is -1.71. The molecule has 2 rings (SSSR count). The summed E-state index contributed by atoms with van der Waals surface area (Å²) in [6.07, 6.45) is 2.36. The minimum atomic E-state index is -0.509. The third kappa shape index (κ3) is 1.96. The van der Waals surface area contributed by atoms with Gasteiger partial charge in [-0.2, -0.15) is 0 Å². The Morgan fingerprint density at radius 1 is 1.38 bits per heavy atom. The van der Waals surface area contributed by atoms with Crippen LogP contribution >= 0.6 is 0 Å². The quantitative estimate of drug-likeness (QED) is 0.773. The number of aromatic hydroxyl groups is 1. The number of hydrogen-bond donors (Lipinski definition) is 1. The number of methoxy groups -OCH3 is 1. The van der Waals surface area contributed by atoms with Crippen LogP contribution in [0.3, 0.4) is 0 Å². The molecule has 1 aliphatic rings. The van der Waals surface area contributed by atoms with Gasteiger partial charge in [-0.1, -0.05) is 0 Å². The number of carbonyl (C=O) groups is 1. The van der Waals surface area contributed by atoms with Gasteiger partial charge >= 0.3 is 5.97 Å². The molecule has 4 nitrogen and oxygen atoms in total. The molecule has 86 valence electrons. The minimum absolute atomic E-state index is 0.0174. The topological polar surface area (TPSA) is 49.8 Å². The number of esters is 1. The number of phenolic OH excluding ortho intramolecular Hbond substituents is 1. The predicted octanol–water partition coefficient (Wildman–Crippen LogP) is 1.78. The molecule has 0 saturated carbocycles. The Balaban J connectivity index is 2.25. The van der Waals surface area contributed by atoms with Gasteiger partial charge in [-0.05, 0) is 25.0 Å². The molecule has 0 radical (unpaired) electrons. The first kappa shape index (κ1) is 10.8. The fraction of sp³-hybridized carbons (Fsp3) is 0.417. The molecule has 4 heteroatoms. The Bertz CT molecular complexity index is 397. The maximum Gasteiger partial charge on any atom is 0.341 e. The number of ether oxygens (including phenoxy) is 1. The molecule has 1 aromatic carbocycles. The van der Waals surface area contributed by atoms with Gasteiger partial charge in [0.1, 0.15) is 11.3 Å². The van der Waals surface area contributed by atoms with Crippen molar-refractivity contribution in [3.05, 3.63) is 23.8 Å². The maximum absolute atomic E-state index is 11.3. The summed E-state index contributed by atoms with van der Waals surface area (Å²) >= 11 is 0. The molecule has 16 heavy (non-hydrogen) atoms. The van der Waals surface area contributed by atoms with Gasteiger partial charge < -0.3 is 14.7 Å². The molecule has 1 N–H and O–H groups in total. The summed E-state index contributed by atoms with van der Waals surface area (Å²) in [5, 5.41) is 9.73. The normalized spacial score (nSPS) is 15.2. The van der Waals surface area contributed by atoms with Crippen LogP contribution in [0.15, 0.2) is 18.2 Å². The monoisotopic (exact) mass is 221 g/mol. The van der Waals surface area contributed by atoms with Crippen molar-refractivity contribution in [3.8, 4) is 5.75 Å². The van der Waals surface area contributed by atoms with E-state index in [9.17, 15) is 9.90 Å². The van der Waals surface area contributed by atoms with E-state index in [1.165, 1.54) is 20.0 Å². The molecule has 1 saturated heterocycles. The van der Waals surface area contributed by atoms with Gasteiger partial charge in [-0.25, -0.2) is 4.79 Å². The van der Waals surface area contributed by atoms with Crippen LogP contribution in [0.1, 0.15) is 23.2 Å². The van der Waals surface area contributed by atoms with Crippen LogP contribution in [0.4, 0.5) is 5.69 Å². The number of anilines is 1. The SMILES string of the molecule is COC(=O)c1ccc(N2CCCC2)cc1O. The van der Waals surface area contributed by atoms with E-state index >= 15 is 0 Å². The summed E-state index contributed by atoms with van der Waals surface area (Å²) in [7, 11) is 1.30. The van der Waals surface area contributed by atoms with Gasteiger partial charge in [-0.3, -0.25) is 0 Å². The fourth-order valence-corrected chi connectivity index (χ4v) is 1.97. The summed E-state index contributed by atoms with van der Waals surface area (Å²) in [6.45, 7) is 2.02. The van der Waals surface area contributed by atoms with Gasteiger partial charge in [0.2, 0.25) is 0 Å². The van der Waals surface area contributed by atoms with Gasteiger partial charge in [-0.15, -0.1) is 0 Å². The van der Waals surface area contributed by atoms with Crippen molar-refractivity contribution in [2.45, 2.75) is 12.8 Å². The molecule has 0 bridgehead atoms. The van der Waals surface area contributed by atoms with Crippen LogP contribution in [0, 0.1) is 0 Å². The predicted molar refractivity (Wildman–Crippen MR) is 60.9 cm³/mol. The molecule has 0 aliphatic carbocycles. The van der Waals surface area contributed by atoms with Crippen molar-refractivity contribution >= 4 is 11.7 Å². The molecule has 0 unspecified atom stereocenters. The van der Waals surface area contributed by atoms with Gasteiger partial charge in [0.05, 0.1) is 7.11 Å². The van der Waals surface area contributed by atoms with Gasteiger partial charge in [0.25, 0.3) is 0 Å². The van der Waals surface area contributed by atoms with E-state index in [1.54, 1.807) is 12.1 Å². The highest BCUT2D eigenvalue weighted by Crippen LogP contribution is 2.27. The van der Waals surface area contributed by atoms with Crippen molar-refractivity contribution in [3.63, 3.8) is 0 Å². The number of benzene rings is 1. The van der Waals surface area contributed by atoms with E-state index in [4.69, 9.17) is 0 Å². The Morgan fingerprint density at radius 2 is 2.06 bits per heavy atom. The number of phenols is 1. The van der Waals surface area contributed by atoms with Gasteiger partial charge in [0.15, 0.2) is 0 Å². The number of hydrogen-bond acceptors (Lipinski definition) is 4. The largest absolute Gasteiger partial charge is 0.507 e. The smallest absolute Gasteiger partial charge is 0.341 e. The standard InChI is InChI=1S/C12H15NO3/c1-16-12(15)10-5-4-9(8-11(10)14)13-6-2-3-7-13/h4-5,8,14H,2-3,6-7H2,1H3. The highest BCUT2D eigenvalue weighted by molar-refractivity contribution is 5.92. The number of nitrogens with zero attached hydrogens (tertiary/aromatic N) is 1. The summed E-state index contributed by atoms with van der Waals surface area (Å²) in [6, 6.07) is 5.07. The lowest BCUT2D eigenvalue weighted by atomic mass is 10.1. The lowest BCUT2D eigenvalue weighted by Crippen LogP contribution is -2.17. The zero-order chi connectivity index (χ0) is 11.5. The van der Waals surface area contributed by atoms with E-state index < -0.39 is 5.97 Å². The average molecular weight is 221 g/mol. The highest BCUT2D eigenvalue weighted by atomic mass is 16.5. The first-order valence-electron chi connectivity index (χ1n) is 5.38. The lowest BCUT2D eigenvalue weighted by Gasteiger charge is -2.18. The Kier molecular flexibility index (Phi) is 2.99. The molecule has 0 atom stereocenters. The van der Waals surface area contributed by atoms with Crippen LogP contribution in [-0.2, 0) is 4.74 Å². The third-order valence-corrected chi connectivity index (χ3v) is 2.86. The zero-order valence-corrected chi connectivity index (χ0v) is 9.27. The number of rotatable bonds is 2. The molecule has 0 aromatic heterocycles. The van der Waals surface area contributed by atoms with Crippen molar-refractivity contribution in [1.82, 2.24) is 0 Å². The van der Waals surface area contributed by atoms with E-state index in [0.717, 1.165) is 18.8 Å². The molecular formula is C12H15NO3. The molecule has 1 aliphatic heterocycles. The lowest BCUT2D eigenvalue weighted by molar-refractivity contribution is 0.0597. The van der Waals surface area contributed by atoms with Crippen LogP contribution in [-0.4, -0.2) is 31.3 Å². The highest BCUT2D eigenvalue weighted by Gasteiger charge is 2.16. The summed E-state index contributed by atoms with van der Waals surface area (Å²) in [5.74, 6) is -0.526. The van der Waals surface area contributed by atoms with Crippen LogP contribution in [0.25, 0.3) is 0 Å². The summed E-state index contributed by atoms with van der Waals surface area (Å²) in [4.78, 5) is 13.5. The molecule has 1 heterocycles. The van der Waals surface area contributed by atoms with Gasteiger partial charge in [0, 0.05) is 24.8 Å². The van der Waals surface area contributed by atoms with Crippen molar-refractivity contribution in [1.29, 1.82) is 0 Å². The molecule has 1 aromatic rings. The van der Waals surface area contributed by atoms with Crippen LogP contribution < -0.4 is 4.90 Å². The van der Waals surface area contributed by atoms with E-state index in [0.29, 0.717) is 0 Å². The maximum atomic E-state index is 11.3. The third-order valence-electron chi connectivity index (χ3n) is 2.86. The second-order valence-corrected chi connectivity index (χ2v) is 3.89. The van der Waals surface area contributed by atoms with Crippen LogP contribution in [0.2, 0.25) is 0 Å². The fourth-order valence-electron chi connectivity index (χ4n) is 1.97. The summed E-state index contributed by atoms with van der Waals surface area (Å²) < 4.78 is 4.57. The zero-order valence-electron chi connectivity index (χ0n) is 9.27. The molecule has 1 fully saturated rings. The van der Waals surface area contributed by atoms with E-state index in [-0.39, 0.29) is 11.3 Å². The Labute approximate surface area is 94.4 Å². The second kappa shape index (κ2) is 4.43. The van der Waals surface area contributed by atoms with Crippen molar-refractivity contribution in [2.75, 3.05) is 25.1 Å². The first-order chi connectivity index (χ1) is 7.72. The average Bonchev–Trinajstić information content (AvgIpc) is 2.81. The summed E-state index contributed by atoms with van der Waals surface area (Å²) in [5.41, 5.74) is 1.17. The van der Waals surface area contributed by atoms with Crippen molar-refractivity contribution in [2.24, 2.45) is 0 Å². The Morgan fingerprint density at radius 3 is 2.62 bits per heavy atom. The molecular weight excluding hydrogens is 206 g/mol. The number of carbonyl (C=O) groups excluding carboxylic acids is 1. The van der Waals surface area contributed by atoms with E-state index in [2.05, 4.69) is 9.64 Å². The minimum Gasteiger partial charge on any atom is -0.507 e.